The van der Waals surface area contributed by atoms with Crippen molar-refractivity contribution in [3.63, 3.8) is 0 Å². The Morgan fingerprint density at radius 2 is 1.67 bits per heavy atom. The van der Waals surface area contributed by atoms with Crippen LogP contribution in [0.3, 0.4) is 0 Å². The van der Waals surface area contributed by atoms with E-state index in [-0.39, 0.29) is 16.9 Å². The van der Waals surface area contributed by atoms with Gasteiger partial charge in [0.15, 0.2) is 5.11 Å². The van der Waals surface area contributed by atoms with Crippen molar-refractivity contribution in [2.75, 3.05) is 23.4 Å². The lowest BCUT2D eigenvalue weighted by Crippen LogP contribution is -2.34. The molecule has 2 amide bonds. The molecule has 0 spiro atoms. The number of anilines is 2. The van der Waals surface area contributed by atoms with Crippen LogP contribution in [0.2, 0.25) is 0 Å². The van der Waals surface area contributed by atoms with E-state index in [0.717, 1.165) is 12.1 Å². The zero-order valence-electron chi connectivity index (χ0n) is 20.6. The van der Waals surface area contributed by atoms with Crippen LogP contribution in [-0.4, -0.2) is 30.1 Å². The molecule has 3 rings (SSSR count). The molecule has 188 valence electrons. The highest BCUT2D eigenvalue weighted by molar-refractivity contribution is 9.10. The van der Waals surface area contributed by atoms with Crippen molar-refractivity contribution in [3.05, 3.63) is 88.4 Å². The number of carbonyl (C=O) groups excluding carboxylic acids is 2. The Kier molecular flexibility index (Phi) is 10.0. The van der Waals surface area contributed by atoms with Gasteiger partial charge in [0.1, 0.15) is 5.75 Å². The Bertz CT molecular complexity index is 1200. The van der Waals surface area contributed by atoms with Crippen LogP contribution < -0.4 is 20.3 Å². The Morgan fingerprint density at radius 3 is 2.28 bits per heavy atom. The molecule has 0 bridgehead atoms. The second-order valence-electron chi connectivity index (χ2n) is 8.55. The van der Waals surface area contributed by atoms with Gasteiger partial charge in [-0.1, -0.05) is 32.0 Å². The number of carbonyl (C=O) groups is 2. The average molecular weight is 569 g/mol. The van der Waals surface area contributed by atoms with Crippen LogP contribution in [0.15, 0.2) is 77.3 Å². The first-order chi connectivity index (χ1) is 17.3. The smallest absolute Gasteiger partial charge is 0.258 e. The van der Waals surface area contributed by atoms with Crippen LogP contribution in [0.25, 0.3) is 0 Å². The van der Waals surface area contributed by atoms with Gasteiger partial charge in [-0.15, -0.1) is 0 Å². The van der Waals surface area contributed by atoms with Gasteiger partial charge in [0.25, 0.3) is 11.8 Å². The quantitative estimate of drug-likeness (QED) is 0.282. The molecule has 0 saturated carbocycles. The summed E-state index contributed by atoms with van der Waals surface area (Å²) < 4.78 is 6.48. The molecule has 0 aliphatic rings. The van der Waals surface area contributed by atoms with Gasteiger partial charge in [0.05, 0.1) is 11.1 Å². The number of nitrogens with zero attached hydrogens (tertiary/aromatic N) is 1. The number of amides is 2. The molecule has 0 unspecified atom stereocenters. The van der Waals surface area contributed by atoms with Gasteiger partial charge < -0.3 is 15.0 Å². The lowest BCUT2D eigenvalue weighted by Gasteiger charge is -2.21. The lowest BCUT2D eigenvalue weighted by atomic mass is 10.1. The lowest BCUT2D eigenvalue weighted by molar-refractivity contribution is 0.0973. The Morgan fingerprint density at radius 1 is 1.00 bits per heavy atom. The number of hydrogen-bond donors (Lipinski definition) is 2. The number of para-hydroxylation sites is 1. The van der Waals surface area contributed by atoms with Crippen molar-refractivity contribution >= 4 is 56.4 Å². The summed E-state index contributed by atoms with van der Waals surface area (Å²) in [6.07, 6.45) is 0.952. The molecule has 0 aliphatic carbocycles. The maximum Gasteiger partial charge on any atom is 0.258 e. The fourth-order valence-electron chi connectivity index (χ4n) is 3.40. The van der Waals surface area contributed by atoms with Crippen LogP contribution in [0.4, 0.5) is 11.4 Å². The first kappa shape index (κ1) is 27.4. The van der Waals surface area contributed by atoms with Crippen molar-refractivity contribution in [1.82, 2.24) is 5.32 Å². The van der Waals surface area contributed by atoms with Crippen LogP contribution in [0.5, 0.6) is 5.75 Å². The molecule has 0 heterocycles. The highest BCUT2D eigenvalue weighted by atomic mass is 79.9. The topological polar surface area (TPSA) is 70.7 Å². The monoisotopic (exact) mass is 567 g/mol. The largest absolute Gasteiger partial charge is 0.492 e. The zero-order chi connectivity index (χ0) is 26.1. The highest BCUT2D eigenvalue weighted by Crippen LogP contribution is 2.26. The van der Waals surface area contributed by atoms with Crippen molar-refractivity contribution in [3.8, 4) is 5.75 Å². The maximum atomic E-state index is 13.0. The van der Waals surface area contributed by atoms with Gasteiger partial charge in [-0.2, -0.15) is 0 Å². The summed E-state index contributed by atoms with van der Waals surface area (Å²) in [5, 5.41) is 5.83. The normalized spacial score (nSPS) is 10.6. The van der Waals surface area contributed by atoms with E-state index < -0.39 is 0 Å². The zero-order valence-corrected chi connectivity index (χ0v) is 23.0. The number of rotatable bonds is 9. The van der Waals surface area contributed by atoms with E-state index in [1.54, 1.807) is 47.4 Å². The fraction of sp³-hybridized carbons (Fsp3) is 0.250. The molecule has 8 heteroatoms. The Hall–Kier alpha value is -3.23. The summed E-state index contributed by atoms with van der Waals surface area (Å²) in [4.78, 5) is 27.3. The van der Waals surface area contributed by atoms with E-state index in [2.05, 4.69) is 40.4 Å². The molecule has 3 aromatic rings. The molecule has 0 saturated heterocycles. The van der Waals surface area contributed by atoms with Gasteiger partial charge in [0.2, 0.25) is 0 Å². The number of hydrogen-bond acceptors (Lipinski definition) is 4. The molecule has 2 N–H and O–H groups in total. The molecule has 3 aromatic carbocycles. The summed E-state index contributed by atoms with van der Waals surface area (Å²) in [5.41, 5.74) is 2.51. The van der Waals surface area contributed by atoms with Crippen molar-refractivity contribution in [2.24, 2.45) is 5.92 Å². The fourth-order valence-corrected chi connectivity index (χ4v) is 4.11. The van der Waals surface area contributed by atoms with Gasteiger partial charge in [-0.25, -0.2) is 0 Å². The predicted molar refractivity (Wildman–Crippen MR) is 153 cm³/mol. The minimum absolute atomic E-state index is 0.0895. The molecule has 0 aromatic heterocycles. The molecule has 6 nitrogen and oxygen atoms in total. The molecule has 0 fully saturated rings. The van der Waals surface area contributed by atoms with Crippen LogP contribution in [0.1, 0.15) is 47.9 Å². The van der Waals surface area contributed by atoms with E-state index in [1.165, 1.54) is 0 Å². The summed E-state index contributed by atoms with van der Waals surface area (Å²) in [6, 6.07) is 21.7. The van der Waals surface area contributed by atoms with Gasteiger partial charge in [-0.3, -0.25) is 14.9 Å². The molecule has 0 radical (unpaired) electrons. The standard InChI is InChI=1S/C28H30BrN3O3S/c1-4-32(23-8-6-5-7-9-23)27(34)20-10-13-22(14-11-20)30-28(36)31-26(33)21-12-15-25(24(29)18-21)35-17-16-19(2)3/h5-15,18-19H,4,16-17H2,1-3H3,(H2,30,31,33,36). The Labute approximate surface area is 226 Å². The second-order valence-corrected chi connectivity index (χ2v) is 9.81. The minimum atomic E-state index is -0.338. The summed E-state index contributed by atoms with van der Waals surface area (Å²) in [5.74, 6) is 0.819. The van der Waals surface area contributed by atoms with Crippen LogP contribution in [0, 0.1) is 5.92 Å². The second kappa shape index (κ2) is 13.2. The summed E-state index contributed by atoms with van der Waals surface area (Å²) in [7, 11) is 0. The average Bonchev–Trinajstić information content (AvgIpc) is 2.86. The third kappa shape index (κ3) is 7.63. The van der Waals surface area contributed by atoms with E-state index in [0.29, 0.717) is 46.1 Å². The maximum absolute atomic E-state index is 13.0. The third-order valence-corrected chi connectivity index (χ3v) is 6.22. The summed E-state index contributed by atoms with van der Waals surface area (Å²) >= 11 is 8.77. The van der Waals surface area contributed by atoms with Crippen molar-refractivity contribution in [2.45, 2.75) is 27.2 Å². The SMILES string of the molecule is CCN(C(=O)c1ccc(NC(=S)NC(=O)c2ccc(OCCC(C)C)c(Br)c2)cc1)c1ccccc1. The molecular weight excluding hydrogens is 538 g/mol. The van der Waals surface area contributed by atoms with Crippen molar-refractivity contribution in [1.29, 1.82) is 0 Å². The van der Waals surface area contributed by atoms with E-state index >= 15 is 0 Å². The van der Waals surface area contributed by atoms with Gasteiger partial charge in [-0.05, 0) is 102 Å². The number of thiocarbonyl (C=S) groups is 1. The number of ether oxygens (including phenoxy) is 1. The van der Waals surface area contributed by atoms with E-state index in [1.807, 2.05) is 37.3 Å². The number of benzene rings is 3. The summed E-state index contributed by atoms with van der Waals surface area (Å²) in [6.45, 7) is 7.39. The van der Waals surface area contributed by atoms with E-state index in [4.69, 9.17) is 17.0 Å². The van der Waals surface area contributed by atoms with Crippen LogP contribution in [-0.2, 0) is 0 Å². The Balaban J connectivity index is 1.57. The third-order valence-electron chi connectivity index (χ3n) is 5.39. The molecular formula is C28H30BrN3O3S. The first-order valence-corrected chi connectivity index (χ1v) is 13.0. The first-order valence-electron chi connectivity index (χ1n) is 11.8. The van der Waals surface area contributed by atoms with Gasteiger partial charge >= 0.3 is 0 Å². The minimum Gasteiger partial charge on any atom is -0.492 e. The number of nitrogens with one attached hydrogen (secondary N) is 2. The van der Waals surface area contributed by atoms with Crippen LogP contribution >= 0.6 is 28.1 Å². The predicted octanol–water partition coefficient (Wildman–Crippen LogP) is 6.67. The highest BCUT2D eigenvalue weighted by Gasteiger charge is 2.16. The molecule has 36 heavy (non-hydrogen) atoms. The number of halogens is 1. The van der Waals surface area contributed by atoms with Gasteiger partial charge in [0, 0.05) is 29.0 Å². The van der Waals surface area contributed by atoms with Crippen molar-refractivity contribution < 1.29 is 14.3 Å². The van der Waals surface area contributed by atoms with E-state index in [9.17, 15) is 9.59 Å². The molecule has 0 atom stereocenters. The molecule has 0 aliphatic heterocycles.